The van der Waals surface area contributed by atoms with Gasteiger partial charge in [0, 0.05) is 17.3 Å². The number of rotatable bonds is 4. The van der Waals surface area contributed by atoms with Gasteiger partial charge in [0.25, 0.3) is 0 Å². The number of halogens is 1. The van der Waals surface area contributed by atoms with Crippen molar-refractivity contribution in [2.24, 2.45) is 11.3 Å². The molecule has 1 rings (SSSR count). The second kappa shape index (κ2) is 5.20. The minimum atomic E-state index is -0.140. The number of alkyl halides is 1. The van der Waals surface area contributed by atoms with Gasteiger partial charge in [-0.2, -0.15) is 0 Å². The van der Waals surface area contributed by atoms with E-state index in [1.807, 2.05) is 0 Å². The topological polar surface area (TPSA) is 29.1 Å². The zero-order valence-electron chi connectivity index (χ0n) is 9.98. The van der Waals surface area contributed by atoms with Crippen LogP contribution in [0.3, 0.4) is 0 Å². The van der Waals surface area contributed by atoms with Gasteiger partial charge in [0.1, 0.15) is 0 Å². The van der Waals surface area contributed by atoms with Crippen LogP contribution in [0.5, 0.6) is 0 Å². The Hall–Kier alpha value is -0.240. The molecule has 0 saturated heterocycles. The highest BCUT2D eigenvalue weighted by Gasteiger charge is 2.37. The minimum absolute atomic E-state index is 0.108. The SMILES string of the molecule is CC(C)C(CCl)NC(=O)C1(C)CCCC1. The second-order valence-electron chi connectivity index (χ2n) is 5.25. The maximum absolute atomic E-state index is 12.1. The summed E-state index contributed by atoms with van der Waals surface area (Å²) in [5.74, 6) is 1.09. The molecule has 0 radical (unpaired) electrons. The average molecular weight is 232 g/mol. The molecule has 0 aromatic carbocycles. The van der Waals surface area contributed by atoms with E-state index in [9.17, 15) is 4.79 Å². The van der Waals surface area contributed by atoms with Crippen LogP contribution in [0.15, 0.2) is 0 Å². The van der Waals surface area contributed by atoms with Crippen molar-refractivity contribution >= 4 is 17.5 Å². The molecule has 1 N–H and O–H groups in total. The van der Waals surface area contributed by atoms with E-state index in [2.05, 4.69) is 26.1 Å². The first-order chi connectivity index (χ1) is 6.99. The standard InChI is InChI=1S/C12H22ClNO/c1-9(2)10(8-13)14-11(15)12(3)6-4-5-7-12/h9-10H,4-8H2,1-3H3,(H,14,15). The van der Waals surface area contributed by atoms with Gasteiger partial charge in [0.2, 0.25) is 5.91 Å². The van der Waals surface area contributed by atoms with E-state index in [1.54, 1.807) is 0 Å². The van der Waals surface area contributed by atoms with Crippen LogP contribution in [-0.4, -0.2) is 17.8 Å². The summed E-state index contributed by atoms with van der Waals surface area (Å²) in [6.45, 7) is 6.25. The van der Waals surface area contributed by atoms with Crippen LogP contribution in [0, 0.1) is 11.3 Å². The zero-order chi connectivity index (χ0) is 11.5. The first-order valence-electron chi connectivity index (χ1n) is 5.86. The summed E-state index contributed by atoms with van der Waals surface area (Å²) in [6, 6.07) is 0.108. The van der Waals surface area contributed by atoms with E-state index in [1.165, 1.54) is 12.8 Å². The molecule has 1 aliphatic carbocycles. The maximum Gasteiger partial charge on any atom is 0.226 e. The van der Waals surface area contributed by atoms with Gasteiger partial charge in [0.15, 0.2) is 0 Å². The first-order valence-corrected chi connectivity index (χ1v) is 6.40. The number of amides is 1. The largest absolute Gasteiger partial charge is 0.351 e. The Labute approximate surface area is 97.8 Å². The Bertz CT molecular complexity index is 222. The lowest BCUT2D eigenvalue weighted by Crippen LogP contribution is -2.46. The number of hydrogen-bond donors (Lipinski definition) is 1. The zero-order valence-corrected chi connectivity index (χ0v) is 10.7. The molecule has 2 nitrogen and oxygen atoms in total. The normalized spacial score (nSPS) is 21.7. The molecule has 0 aliphatic heterocycles. The second-order valence-corrected chi connectivity index (χ2v) is 5.55. The third-order valence-electron chi connectivity index (χ3n) is 3.54. The molecule has 0 bridgehead atoms. The Balaban J connectivity index is 2.53. The Morgan fingerprint density at radius 2 is 1.93 bits per heavy atom. The summed E-state index contributed by atoms with van der Waals surface area (Å²) in [6.07, 6.45) is 4.39. The van der Waals surface area contributed by atoms with Crippen molar-refractivity contribution in [1.82, 2.24) is 5.32 Å². The van der Waals surface area contributed by atoms with Crippen LogP contribution in [0.4, 0.5) is 0 Å². The number of carbonyl (C=O) groups is 1. The van der Waals surface area contributed by atoms with Crippen LogP contribution in [0.25, 0.3) is 0 Å². The predicted molar refractivity (Wildman–Crippen MR) is 64.1 cm³/mol. The van der Waals surface area contributed by atoms with Gasteiger partial charge in [-0.1, -0.05) is 33.6 Å². The molecule has 1 aliphatic rings. The van der Waals surface area contributed by atoms with Crippen LogP contribution in [0.1, 0.15) is 46.5 Å². The lowest BCUT2D eigenvalue weighted by atomic mass is 9.87. The number of hydrogen-bond acceptors (Lipinski definition) is 1. The molecule has 0 heterocycles. The van der Waals surface area contributed by atoms with Crippen molar-refractivity contribution in [3.63, 3.8) is 0 Å². The van der Waals surface area contributed by atoms with E-state index >= 15 is 0 Å². The van der Waals surface area contributed by atoms with Crippen molar-refractivity contribution < 1.29 is 4.79 Å². The molecule has 88 valence electrons. The lowest BCUT2D eigenvalue weighted by molar-refractivity contribution is -0.130. The monoisotopic (exact) mass is 231 g/mol. The van der Waals surface area contributed by atoms with Crippen LogP contribution in [0.2, 0.25) is 0 Å². The minimum Gasteiger partial charge on any atom is -0.351 e. The summed E-state index contributed by atoms with van der Waals surface area (Å²) >= 11 is 5.84. The molecule has 15 heavy (non-hydrogen) atoms. The van der Waals surface area contributed by atoms with Crippen molar-refractivity contribution in [2.75, 3.05) is 5.88 Å². The van der Waals surface area contributed by atoms with Gasteiger partial charge in [-0.05, 0) is 18.8 Å². The van der Waals surface area contributed by atoms with Crippen molar-refractivity contribution in [3.8, 4) is 0 Å². The fourth-order valence-corrected chi connectivity index (χ4v) is 2.54. The van der Waals surface area contributed by atoms with E-state index in [4.69, 9.17) is 11.6 Å². The van der Waals surface area contributed by atoms with Gasteiger partial charge in [0.05, 0.1) is 0 Å². The van der Waals surface area contributed by atoms with Gasteiger partial charge in [-0.3, -0.25) is 4.79 Å². The Morgan fingerprint density at radius 1 is 1.40 bits per heavy atom. The summed E-state index contributed by atoms with van der Waals surface area (Å²) in [5.41, 5.74) is -0.140. The molecule has 1 unspecified atom stereocenters. The molecule has 0 aromatic rings. The van der Waals surface area contributed by atoms with Crippen LogP contribution < -0.4 is 5.32 Å². The van der Waals surface area contributed by atoms with Crippen molar-refractivity contribution in [1.29, 1.82) is 0 Å². The molecule has 3 heteroatoms. The van der Waals surface area contributed by atoms with Crippen LogP contribution in [-0.2, 0) is 4.79 Å². The molecule has 1 amide bonds. The van der Waals surface area contributed by atoms with Gasteiger partial charge < -0.3 is 5.32 Å². The highest BCUT2D eigenvalue weighted by molar-refractivity contribution is 6.18. The number of nitrogens with one attached hydrogen (secondary N) is 1. The molecule has 1 saturated carbocycles. The van der Waals surface area contributed by atoms with Crippen LogP contribution >= 0.6 is 11.6 Å². The van der Waals surface area contributed by atoms with Gasteiger partial charge in [-0.15, -0.1) is 11.6 Å². The van der Waals surface area contributed by atoms with Gasteiger partial charge in [-0.25, -0.2) is 0 Å². The smallest absolute Gasteiger partial charge is 0.226 e. The molecular weight excluding hydrogens is 210 g/mol. The third kappa shape index (κ3) is 3.10. The molecule has 1 fully saturated rings. The summed E-state index contributed by atoms with van der Waals surface area (Å²) in [4.78, 5) is 12.1. The average Bonchev–Trinajstić information content (AvgIpc) is 2.61. The predicted octanol–water partition coefficient (Wildman–Crippen LogP) is 2.95. The molecule has 0 spiro atoms. The highest BCUT2D eigenvalue weighted by atomic mass is 35.5. The lowest BCUT2D eigenvalue weighted by Gasteiger charge is -2.27. The number of carbonyl (C=O) groups excluding carboxylic acids is 1. The molecule has 0 aromatic heterocycles. The van der Waals surface area contributed by atoms with Crippen molar-refractivity contribution in [2.45, 2.75) is 52.5 Å². The van der Waals surface area contributed by atoms with Gasteiger partial charge >= 0.3 is 0 Å². The quantitative estimate of drug-likeness (QED) is 0.741. The fourth-order valence-electron chi connectivity index (χ4n) is 2.11. The fraction of sp³-hybridized carbons (Fsp3) is 0.917. The van der Waals surface area contributed by atoms with E-state index < -0.39 is 0 Å². The maximum atomic E-state index is 12.1. The molecular formula is C12H22ClNO. The van der Waals surface area contributed by atoms with E-state index in [0.29, 0.717) is 11.8 Å². The summed E-state index contributed by atoms with van der Waals surface area (Å²) < 4.78 is 0. The Morgan fingerprint density at radius 3 is 2.33 bits per heavy atom. The third-order valence-corrected chi connectivity index (χ3v) is 3.88. The first kappa shape index (κ1) is 12.8. The van der Waals surface area contributed by atoms with E-state index in [-0.39, 0.29) is 17.4 Å². The highest BCUT2D eigenvalue weighted by Crippen LogP contribution is 2.37. The summed E-state index contributed by atoms with van der Waals surface area (Å²) in [5, 5.41) is 3.08. The van der Waals surface area contributed by atoms with Crippen molar-refractivity contribution in [3.05, 3.63) is 0 Å². The Kier molecular flexibility index (Phi) is 4.45. The summed E-state index contributed by atoms with van der Waals surface area (Å²) in [7, 11) is 0. The van der Waals surface area contributed by atoms with E-state index in [0.717, 1.165) is 12.8 Å². The molecule has 1 atom stereocenters.